The van der Waals surface area contributed by atoms with Gasteiger partial charge in [0.25, 0.3) is 0 Å². The van der Waals surface area contributed by atoms with E-state index in [1.54, 1.807) is 6.20 Å². The van der Waals surface area contributed by atoms with E-state index in [0.29, 0.717) is 11.3 Å². The number of allylic oxidation sites excluding steroid dienone is 4. The average Bonchev–Trinajstić information content (AvgIpc) is 2.97. The van der Waals surface area contributed by atoms with E-state index in [9.17, 15) is 13.2 Å². The number of nitrogens with one attached hydrogen (secondary N) is 1. The van der Waals surface area contributed by atoms with Gasteiger partial charge in [-0.25, -0.2) is 0 Å². The third kappa shape index (κ3) is 2.77. The Morgan fingerprint density at radius 1 is 1.05 bits per heavy atom. The van der Waals surface area contributed by atoms with Crippen molar-refractivity contribution in [2.75, 3.05) is 0 Å². The van der Waals surface area contributed by atoms with Gasteiger partial charge in [-0.3, -0.25) is 5.10 Å². The minimum Gasteiger partial charge on any atom is -0.284 e. The van der Waals surface area contributed by atoms with Gasteiger partial charge in [0.05, 0.1) is 11.3 Å². The molecule has 1 aromatic carbocycles. The van der Waals surface area contributed by atoms with Crippen molar-refractivity contribution in [3.05, 3.63) is 59.8 Å². The zero-order valence-corrected chi connectivity index (χ0v) is 11.1. The number of halogens is 3. The van der Waals surface area contributed by atoms with Gasteiger partial charge in [-0.15, -0.1) is 0 Å². The van der Waals surface area contributed by atoms with Gasteiger partial charge in [-0.1, -0.05) is 30.4 Å². The maximum absolute atomic E-state index is 12.6. The van der Waals surface area contributed by atoms with Gasteiger partial charge in [0.2, 0.25) is 0 Å². The molecule has 21 heavy (non-hydrogen) atoms. The molecule has 0 bridgehead atoms. The van der Waals surface area contributed by atoms with E-state index in [0.717, 1.165) is 36.1 Å². The highest BCUT2D eigenvalue weighted by Crippen LogP contribution is 2.33. The van der Waals surface area contributed by atoms with E-state index in [4.69, 9.17) is 0 Å². The first-order chi connectivity index (χ1) is 10.1. The SMILES string of the molecule is FC(F)(F)c1ccc(-c2n[nH]cc2C2=CCCC=C2)cc1. The highest BCUT2D eigenvalue weighted by Gasteiger charge is 2.30. The van der Waals surface area contributed by atoms with Gasteiger partial charge in [0.1, 0.15) is 0 Å². The van der Waals surface area contributed by atoms with Gasteiger partial charge >= 0.3 is 6.18 Å². The van der Waals surface area contributed by atoms with Gasteiger partial charge in [0.15, 0.2) is 0 Å². The Hall–Kier alpha value is -2.30. The smallest absolute Gasteiger partial charge is 0.284 e. The van der Waals surface area contributed by atoms with Crippen molar-refractivity contribution in [2.24, 2.45) is 0 Å². The largest absolute Gasteiger partial charge is 0.416 e. The summed E-state index contributed by atoms with van der Waals surface area (Å²) in [6.07, 6.45) is 5.63. The van der Waals surface area contributed by atoms with Gasteiger partial charge in [0, 0.05) is 17.3 Å². The maximum atomic E-state index is 12.6. The predicted molar refractivity (Wildman–Crippen MR) is 75.4 cm³/mol. The minimum absolute atomic E-state index is 0.653. The Balaban J connectivity index is 1.97. The fourth-order valence-electron chi connectivity index (χ4n) is 2.36. The van der Waals surface area contributed by atoms with Crippen molar-refractivity contribution in [3.63, 3.8) is 0 Å². The number of H-pyrrole nitrogens is 1. The molecule has 1 aromatic heterocycles. The molecule has 1 aliphatic carbocycles. The first kappa shape index (κ1) is 13.7. The van der Waals surface area contributed by atoms with Crippen LogP contribution in [0.15, 0.2) is 48.7 Å². The quantitative estimate of drug-likeness (QED) is 0.843. The first-order valence-electron chi connectivity index (χ1n) is 6.64. The molecule has 1 N–H and O–H groups in total. The fraction of sp³-hybridized carbons (Fsp3) is 0.188. The van der Waals surface area contributed by atoms with E-state index in [2.05, 4.69) is 22.3 Å². The van der Waals surface area contributed by atoms with E-state index in [1.165, 1.54) is 12.1 Å². The summed E-state index contributed by atoms with van der Waals surface area (Å²) in [6, 6.07) is 5.07. The second kappa shape index (κ2) is 5.24. The Labute approximate surface area is 120 Å². The number of hydrogen-bond acceptors (Lipinski definition) is 1. The number of aromatic nitrogens is 2. The summed E-state index contributed by atoms with van der Waals surface area (Å²) in [5.41, 5.74) is 2.64. The molecule has 0 unspecified atom stereocenters. The van der Waals surface area contributed by atoms with Crippen LogP contribution in [0.2, 0.25) is 0 Å². The molecule has 3 rings (SSSR count). The van der Waals surface area contributed by atoms with E-state index in [1.807, 2.05) is 6.08 Å². The third-order valence-corrected chi connectivity index (χ3v) is 3.43. The summed E-state index contributed by atoms with van der Waals surface area (Å²) < 4.78 is 37.8. The monoisotopic (exact) mass is 290 g/mol. The number of aromatic amines is 1. The lowest BCUT2D eigenvalue weighted by Crippen LogP contribution is -2.04. The van der Waals surface area contributed by atoms with Crippen molar-refractivity contribution in [1.82, 2.24) is 10.2 Å². The first-order valence-corrected chi connectivity index (χ1v) is 6.64. The Kier molecular flexibility index (Phi) is 3.41. The summed E-state index contributed by atoms with van der Waals surface area (Å²) in [5, 5.41) is 6.96. The highest BCUT2D eigenvalue weighted by molar-refractivity contribution is 5.83. The van der Waals surface area contributed by atoms with E-state index >= 15 is 0 Å². The molecule has 2 aromatic rings. The fourth-order valence-corrected chi connectivity index (χ4v) is 2.36. The lowest BCUT2D eigenvalue weighted by atomic mass is 9.97. The second-order valence-electron chi connectivity index (χ2n) is 4.86. The third-order valence-electron chi connectivity index (χ3n) is 3.43. The van der Waals surface area contributed by atoms with Crippen molar-refractivity contribution >= 4 is 5.57 Å². The normalized spacial score (nSPS) is 15.1. The molecule has 0 saturated heterocycles. The average molecular weight is 290 g/mol. The summed E-state index contributed by atoms with van der Waals surface area (Å²) in [6.45, 7) is 0. The summed E-state index contributed by atoms with van der Waals surface area (Å²) in [4.78, 5) is 0. The summed E-state index contributed by atoms with van der Waals surface area (Å²) in [5.74, 6) is 0. The molecule has 1 aliphatic rings. The predicted octanol–water partition coefficient (Wildman–Crippen LogP) is 4.83. The van der Waals surface area contributed by atoms with Crippen LogP contribution < -0.4 is 0 Å². The van der Waals surface area contributed by atoms with E-state index < -0.39 is 11.7 Å². The number of benzene rings is 1. The Bertz CT molecular complexity index is 691. The van der Waals surface area contributed by atoms with Gasteiger partial charge < -0.3 is 0 Å². The molecule has 0 atom stereocenters. The Morgan fingerprint density at radius 2 is 1.81 bits per heavy atom. The van der Waals surface area contributed by atoms with Crippen molar-refractivity contribution in [1.29, 1.82) is 0 Å². The molecule has 0 saturated carbocycles. The van der Waals surface area contributed by atoms with Crippen molar-refractivity contribution < 1.29 is 13.2 Å². The Morgan fingerprint density at radius 3 is 2.43 bits per heavy atom. The molecule has 108 valence electrons. The number of alkyl halides is 3. The standard InChI is InChI=1S/C16H13F3N2/c17-16(18,19)13-8-6-12(7-9-13)15-14(10-20-21-15)11-4-2-1-3-5-11/h2,4-10H,1,3H2,(H,20,21). The molecule has 0 spiro atoms. The molecule has 0 aliphatic heterocycles. The van der Waals surface area contributed by atoms with Crippen LogP contribution in [-0.2, 0) is 6.18 Å². The number of nitrogens with zero attached hydrogens (tertiary/aromatic N) is 1. The zero-order chi connectivity index (χ0) is 14.9. The van der Waals surface area contributed by atoms with E-state index in [-0.39, 0.29) is 0 Å². The molecule has 0 fully saturated rings. The van der Waals surface area contributed by atoms with Gasteiger partial charge in [-0.2, -0.15) is 18.3 Å². The molecule has 5 heteroatoms. The van der Waals surface area contributed by atoms with Crippen LogP contribution in [0, 0.1) is 0 Å². The molecule has 0 radical (unpaired) electrons. The summed E-state index contributed by atoms with van der Waals surface area (Å²) in [7, 11) is 0. The van der Waals surface area contributed by atoms with Crippen molar-refractivity contribution in [3.8, 4) is 11.3 Å². The van der Waals surface area contributed by atoms with Crippen LogP contribution in [0.4, 0.5) is 13.2 Å². The minimum atomic E-state index is -4.32. The molecule has 2 nitrogen and oxygen atoms in total. The topological polar surface area (TPSA) is 28.7 Å². The number of rotatable bonds is 2. The highest BCUT2D eigenvalue weighted by atomic mass is 19.4. The lowest BCUT2D eigenvalue weighted by Gasteiger charge is -2.09. The maximum Gasteiger partial charge on any atom is 0.416 e. The van der Waals surface area contributed by atoms with Crippen LogP contribution >= 0.6 is 0 Å². The zero-order valence-electron chi connectivity index (χ0n) is 11.1. The van der Waals surface area contributed by atoms with Crippen LogP contribution in [0.3, 0.4) is 0 Å². The molecular weight excluding hydrogens is 277 g/mol. The van der Waals surface area contributed by atoms with Crippen LogP contribution in [0.1, 0.15) is 24.0 Å². The second-order valence-corrected chi connectivity index (χ2v) is 4.86. The van der Waals surface area contributed by atoms with Crippen LogP contribution in [-0.4, -0.2) is 10.2 Å². The van der Waals surface area contributed by atoms with Crippen LogP contribution in [0.25, 0.3) is 16.8 Å². The van der Waals surface area contributed by atoms with Gasteiger partial charge in [-0.05, 0) is 30.5 Å². The van der Waals surface area contributed by atoms with Crippen molar-refractivity contribution in [2.45, 2.75) is 19.0 Å². The molecule has 0 amide bonds. The summed E-state index contributed by atoms with van der Waals surface area (Å²) >= 11 is 0. The number of hydrogen-bond donors (Lipinski definition) is 1. The lowest BCUT2D eigenvalue weighted by molar-refractivity contribution is -0.137. The molecular formula is C16H13F3N2. The molecule has 1 heterocycles. The van der Waals surface area contributed by atoms with Crippen LogP contribution in [0.5, 0.6) is 0 Å².